The van der Waals surface area contributed by atoms with E-state index in [2.05, 4.69) is 16.3 Å². The average molecular weight is 306 g/mol. The third-order valence-corrected chi connectivity index (χ3v) is 4.30. The predicted octanol–water partition coefficient (Wildman–Crippen LogP) is 2.11. The van der Waals surface area contributed by atoms with Gasteiger partial charge in [0.05, 0.1) is 23.6 Å². The number of rotatable bonds is 7. The van der Waals surface area contributed by atoms with E-state index in [1.54, 1.807) is 36.5 Å². The van der Waals surface area contributed by atoms with Crippen molar-refractivity contribution in [3.05, 3.63) is 48.7 Å². The van der Waals surface area contributed by atoms with Crippen molar-refractivity contribution in [2.45, 2.75) is 11.8 Å². The quantitative estimate of drug-likeness (QED) is 0.628. The molecule has 0 aliphatic rings. The third-order valence-electron chi connectivity index (χ3n) is 2.78. The zero-order valence-corrected chi connectivity index (χ0v) is 12.7. The molecule has 1 heterocycles. The largest absolute Gasteiger partial charge is 0.376 e. The Bertz CT molecular complexity index is 736. The maximum Gasteiger partial charge on any atom is 0.241 e. The molecule has 0 atom stereocenters. The Morgan fingerprint density at radius 2 is 2.14 bits per heavy atom. The Balaban J connectivity index is 2.10. The summed E-state index contributed by atoms with van der Waals surface area (Å²) in [6, 6.07) is 8.50. The van der Waals surface area contributed by atoms with Gasteiger partial charge in [-0.15, -0.1) is 0 Å². The number of sulfonamides is 1. The minimum atomic E-state index is -3.58. The molecule has 21 heavy (non-hydrogen) atoms. The first-order chi connectivity index (χ1) is 10.0. The van der Waals surface area contributed by atoms with E-state index in [0.29, 0.717) is 24.1 Å². The standard InChI is InChI=1S/C15H18N2O3S/c1-12(2)11-20-10-9-17-21(18,19)15-7-3-6-14-13(15)5-4-8-16-14/h3-8,17H,1,9-11H2,2H3. The van der Waals surface area contributed by atoms with Crippen LogP contribution >= 0.6 is 0 Å². The minimum Gasteiger partial charge on any atom is -0.376 e. The van der Waals surface area contributed by atoms with Crippen LogP contribution in [0.5, 0.6) is 0 Å². The van der Waals surface area contributed by atoms with Gasteiger partial charge < -0.3 is 4.74 Å². The number of nitrogens with zero attached hydrogens (tertiary/aromatic N) is 1. The highest BCUT2D eigenvalue weighted by Gasteiger charge is 2.16. The van der Waals surface area contributed by atoms with Gasteiger partial charge in [-0.3, -0.25) is 4.98 Å². The van der Waals surface area contributed by atoms with Crippen LogP contribution in [0.4, 0.5) is 0 Å². The predicted molar refractivity (Wildman–Crippen MR) is 82.6 cm³/mol. The van der Waals surface area contributed by atoms with Crippen molar-refractivity contribution in [3.63, 3.8) is 0 Å². The van der Waals surface area contributed by atoms with E-state index < -0.39 is 10.0 Å². The fourth-order valence-electron chi connectivity index (χ4n) is 1.88. The van der Waals surface area contributed by atoms with Crippen molar-refractivity contribution in [2.24, 2.45) is 0 Å². The van der Waals surface area contributed by atoms with Crippen molar-refractivity contribution in [1.82, 2.24) is 9.71 Å². The highest BCUT2D eigenvalue weighted by Crippen LogP contribution is 2.20. The Morgan fingerprint density at radius 3 is 2.90 bits per heavy atom. The topological polar surface area (TPSA) is 68.3 Å². The van der Waals surface area contributed by atoms with E-state index in [4.69, 9.17) is 4.74 Å². The summed E-state index contributed by atoms with van der Waals surface area (Å²) < 4.78 is 32.5. The van der Waals surface area contributed by atoms with Crippen LogP contribution in [-0.4, -0.2) is 33.2 Å². The lowest BCUT2D eigenvalue weighted by molar-refractivity contribution is 0.162. The summed E-state index contributed by atoms with van der Waals surface area (Å²) in [5.41, 5.74) is 1.55. The molecular weight excluding hydrogens is 288 g/mol. The molecule has 112 valence electrons. The number of ether oxygens (including phenoxy) is 1. The van der Waals surface area contributed by atoms with Gasteiger partial charge in [0.25, 0.3) is 0 Å². The molecule has 0 aliphatic heterocycles. The Morgan fingerprint density at radius 1 is 1.33 bits per heavy atom. The van der Waals surface area contributed by atoms with Crippen LogP contribution < -0.4 is 4.72 Å². The summed E-state index contributed by atoms with van der Waals surface area (Å²) in [6.07, 6.45) is 1.64. The monoisotopic (exact) mass is 306 g/mol. The second-order valence-corrected chi connectivity index (χ2v) is 6.47. The van der Waals surface area contributed by atoms with E-state index in [9.17, 15) is 8.42 Å². The van der Waals surface area contributed by atoms with Gasteiger partial charge in [-0.1, -0.05) is 18.2 Å². The highest BCUT2D eigenvalue weighted by atomic mass is 32.2. The van der Waals surface area contributed by atoms with Crippen LogP contribution in [0.25, 0.3) is 10.9 Å². The van der Waals surface area contributed by atoms with Gasteiger partial charge in [0.1, 0.15) is 0 Å². The van der Waals surface area contributed by atoms with Gasteiger partial charge >= 0.3 is 0 Å². The first kappa shape index (κ1) is 15.6. The molecule has 1 aromatic carbocycles. The third kappa shape index (κ3) is 4.10. The Kier molecular flexibility index (Phi) is 5.06. The van der Waals surface area contributed by atoms with Crippen LogP contribution in [0.2, 0.25) is 0 Å². The van der Waals surface area contributed by atoms with Gasteiger partial charge in [0, 0.05) is 18.1 Å². The van der Waals surface area contributed by atoms with Crippen LogP contribution in [0, 0.1) is 0 Å². The average Bonchev–Trinajstić information content (AvgIpc) is 2.46. The molecular formula is C15H18N2O3S. The molecule has 2 rings (SSSR count). The number of fused-ring (bicyclic) bond motifs is 1. The summed E-state index contributed by atoms with van der Waals surface area (Å²) in [5.74, 6) is 0. The van der Waals surface area contributed by atoms with Crippen molar-refractivity contribution in [2.75, 3.05) is 19.8 Å². The van der Waals surface area contributed by atoms with Gasteiger partial charge in [-0.25, -0.2) is 13.1 Å². The number of benzene rings is 1. The number of hydrogen-bond donors (Lipinski definition) is 1. The minimum absolute atomic E-state index is 0.215. The normalized spacial score (nSPS) is 11.7. The first-order valence-electron chi connectivity index (χ1n) is 6.56. The fraction of sp³-hybridized carbons (Fsp3) is 0.267. The number of hydrogen-bond acceptors (Lipinski definition) is 4. The summed E-state index contributed by atoms with van der Waals surface area (Å²) >= 11 is 0. The summed E-state index contributed by atoms with van der Waals surface area (Å²) in [7, 11) is -3.58. The molecule has 5 nitrogen and oxygen atoms in total. The molecule has 0 saturated carbocycles. The van der Waals surface area contributed by atoms with Gasteiger partial charge in [-0.05, 0) is 31.2 Å². The summed E-state index contributed by atoms with van der Waals surface area (Å²) in [5, 5.41) is 0.607. The lowest BCUT2D eigenvalue weighted by Gasteiger charge is -2.09. The smallest absolute Gasteiger partial charge is 0.241 e. The maximum absolute atomic E-state index is 12.3. The van der Waals surface area contributed by atoms with Gasteiger partial charge in [-0.2, -0.15) is 0 Å². The van der Waals surface area contributed by atoms with E-state index in [1.165, 1.54) is 0 Å². The van der Waals surface area contributed by atoms with Crippen LogP contribution in [0.3, 0.4) is 0 Å². The van der Waals surface area contributed by atoms with Crippen molar-refractivity contribution < 1.29 is 13.2 Å². The number of pyridine rings is 1. The first-order valence-corrected chi connectivity index (χ1v) is 8.04. The fourth-order valence-corrected chi connectivity index (χ4v) is 3.11. The van der Waals surface area contributed by atoms with Crippen LogP contribution in [0.1, 0.15) is 6.92 Å². The van der Waals surface area contributed by atoms with E-state index in [0.717, 1.165) is 5.57 Å². The Labute approximate surface area is 124 Å². The molecule has 0 fully saturated rings. The molecule has 0 saturated heterocycles. The van der Waals surface area contributed by atoms with E-state index in [1.807, 2.05) is 6.92 Å². The molecule has 0 amide bonds. The molecule has 1 aromatic heterocycles. The molecule has 2 aromatic rings. The summed E-state index contributed by atoms with van der Waals surface area (Å²) in [6.45, 7) is 6.51. The number of aromatic nitrogens is 1. The Hall–Kier alpha value is -1.76. The van der Waals surface area contributed by atoms with Gasteiger partial charge in [0.15, 0.2) is 0 Å². The zero-order valence-electron chi connectivity index (χ0n) is 11.9. The number of nitrogens with one attached hydrogen (secondary N) is 1. The molecule has 0 bridgehead atoms. The molecule has 6 heteroatoms. The lowest BCUT2D eigenvalue weighted by Crippen LogP contribution is -2.27. The summed E-state index contributed by atoms with van der Waals surface area (Å²) in [4.78, 5) is 4.39. The molecule has 0 spiro atoms. The molecule has 0 unspecified atom stereocenters. The maximum atomic E-state index is 12.3. The highest BCUT2D eigenvalue weighted by molar-refractivity contribution is 7.89. The SMILES string of the molecule is C=C(C)COCCNS(=O)(=O)c1cccc2ncccc12. The molecule has 1 N–H and O–H groups in total. The van der Waals surface area contributed by atoms with Crippen LogP contribution in [-0.2, 0) is 14.8 Å². The van der Waals surface area contributed by atoms with Crippen molar-refractivity contribution in [3.8, 4) is 0 Å². The zero-order chi connectivity index (χ0) is 15.3. The second kappa shape index (κ2) is 6.80. The van der Waals surface area contributed by atoms with E-state index in [-0.39, 0.29) is 11.4 Å². The van der Waals surface area contributed by atoms with E-state index >= 15 is 0 Å². The lowest BCUT2D eigenvalue weighted by atomic mass is 10.2. The second-order valence-electron chi connectivity index (χ2n) is 4.73. The molecule has 0 radical (unpaired) electrons. The van der Waals surface area contributed by atoms with Gasteiger partial charge in [0.2, 0.25) is 10.0 Å². The van der Waals surface area contributed by atoms with Crippen LogP contribution in [0.15, 0.2) is 53.6 Å². The molecule has 0 aliphatic carbocycles. The van der Waals surface area contributed by atoms with Crippen molar-refractivity contribution in [1.29, 1.82) is 0 Å². The van der Waals surface area contributed by atoms with Crippen molar-refractivity contribution >= 4 is 20.9 Å².